The van der Waals surface area contributed by atoms with Gasteiger partial charge in [0.2, 0.25) is 5.91 Å². The van der Waals surface area contributed by atoms with Gasteiger partial charge in [-0.2, -0.15) is 0 Å². The fraction of sp³-hybridized carbons (Fsp3) is 0.818. The minimum atomic E-state index is -0.179. The van der Waals surface area contributed by atoms with Gasteiger partial charge in [0.15, 0.2) is 0 Å². The molecule has 0 aliphatic carbocycles. The molecule has 7 heteroatoms. The van der Waals surface area contributed by atoms with Crippen molar-refractivity contribution < 1.29 is 14.3 Å². The van der Waals surface area contributed by atoms with Crippen molar-refractivity contribution >= 4 is 11.9 Å². The summed E-state index contributed by atoms with van der Waals surface area (Å²) >= 11 is 0. The van der Waals surface area contributed by atoms with E-state index in [0.29, 0.717) is 39.4 Å². The number of nitrogens with one attached hydrogen (secondary N) is 2. The molecule has 2 aliphatic heterocycles. The molecular formula is C11H20N4O3. The second-order valence-electron chi connectivity index (χ2n) is 4.39. The van der Waals surface area contributed by atoms with Crippen LogP contribution in [0, 0.1) is 0 Å². The Morgan fingerprint density at radius 1 is 1.06 bits per heavy atom. The number of morpholine rings is 1. The number of piperazine rings is 1. The van der Waals surface area contributed by atoms with Gasteiger partial charge < -0.3 is 25.2 Å². The highest BCUT2D eigenvalue weighted by atomic mass is 16.5. The van der Waals surface area contributed by atoms with Crippen LogP contribution in [0.25, 0.3) is 0 Å². The van der Waals surface area contributed by atoms with Crippen LogP contribution in [0.2, 0.25) is 0 Å². The summed E-state index contributed by atoms with van der Waals surface area (Å²) in [5, 5.41) is 5.85. The summed E-state index contributed by atoms with van der Waals surface area (Å²) in [5.74, 6) is -0.0156. The highest BCUT2D eigenvalue weighted by molar-refractivity contribution is 5.84. The monoisotopic (exact) mass is 256 g/mol. The Balaban J connectivity index is 1.69. The van der Waals surface area contributed by atoms with E-state index in [0.717, 1.165) is 13.1 Å². The van der Waals surface area contributed by atoms with Crippen molar-refractivity contribution in [3.8, 4) is 0 Å². The molecule has 2 heterocycles. The zero-order valence-electron chi connectivity index (χ0n) is 10.5. The Bertz CT molecular complexity index is 269. The Hall–Kier alpha value is -1.34. The van der Waals surface area contributed by atoms with Crippen LogP contribution in [-0.4, -0.2) is 80.8 Å². The number of urea groups is 1. The van der Waals surface area contributed by atoms with Crippen LogP contribution in [0.1, 0.15) is 0 Å². The molecule has 2 rings (SSSR count). The average molecular weight is 256 g/mol. The molecule has 0 saturated carbocycles. The Labute approximate surface area is 106 Å². The number of hydrogen-bond acceptors (Lipinski definition) is 4. The maximum Gasteiger partial charge on any atom is 0.317 e. The normalized spacial score (nSPS) is 20.7. The molecule has 0 atom stereocenters. The lowest BCUT2D eigenvalue weighted by atomic mass is 10.3. The van der Waals surface area contributed by atoms with Crippen LogP contribution in [0.15, 0.2) is 0 Å². The topological polar surface area (TPSA) is 73.9 Å². The molecular weight excluding hydrogens is 236 g/mol. The molecule has 0 radical (unpaired) electrons. The summed E-state index contributed by atoms with van der Waals surface area (Å²) in [6, 6.07) is -0.179. The first kappa shape index (κ1) is 13.1. The number of hydrogen-bond donors (Lipinski definition) is 2. The van der Waals surface area contributed by atoms with Gasteiger partial charge in [-0.25, -0.2) is 4.79 Å². The van der Waals surface area contributed by atoms with E-state index in [2.05, 4.69) is 10.6 Å². The number of carbonyl (C=O) groups excluding carboxylic acids is 2. The van der Waals surface area contributed by atoms with Gasteiger partial charge in [-0.1, -0.05) is 0 Å². The second kappa shape index (κ2) is 6.55. The van der Waals surface area contributed by atoms with Crippen molar-refractivity contribution in [3.05, 3.63) is 0 Å². The minimum Gasteiger partial charge on any atom is -0.378 e. The highest BCUT2D eigenvalue weighted by Gasteiger charge is 2.20. The standard InChI is InChI=1S/C11H20N4O3/c16-10(14-3-1-12-2-4-14)9-13-11(17)15-5-7-18-8-6-15/h12H,1-9H2,(H,13,17). The zero-order chi connectivity index (χ0) is 12.8. The van der Waals surface area contributed by atoms with E-state index in [1.165, 1.54) is 0 Å². The average Bonchev–Trinajstić information content (AvgIpc) is 2.46. The van der Waals surface area contributed by atoms with Crippen LogP contribution >= 0.6 is 0 Å². The second-order valence-corrected chi connectivity index (χ2v) is 4.39. The fourth-order valence-electron chi connectivity index (χ4n) is 2.06. The van der Waals surface area contributed by atoms with Gasteiger partial charge in [0.1, 0.15) is 0 Å². The third-order valence-corrected chi connectivity index (χ3v) is 3.16. The number of amides is 3. The molecule has 18 heavy (non-hydrogen) atoms. The smallest absolute Gasteiger partial charge is 0.317 e. The van der Waals surface area contributed by atoms with E-state index in [1.54, 1.807) is 9.80 Å². The summed E-state index contributed by atoms with van der Waals surface area (Å²) in [6.45, 7) is 5.47. The Kier molecular flexibility index (Phi) is 4.77. The van der Waals surface area contributed by atoms with Gasteiger partial charge in [0.05, 0.1) is 19.8 Å². The molecule has 2 saturated heterocycles. The van der Waals surface area contributed by atoms with Crippen LogP contribution in [-0.2, 0) is 9.53 Å². The third kappa shape index (κ3) is 3.58. The van der Waals surface area contributed by atoms with Gasteiger partial charge in [-0.3, -0.25) is 4.79 Å². The van der Waals surface area contributed by atoms with Gasteiger partial charge in [0, 0.05) is 39.3 Å². The number of ether oxygens (including phenoxy) is 1. The molecule has 2 aliphatic rings. The predicted molar refractivity (Wildman–Crippen MR) is 65.2 cm³/mol. The largest absolute Gasteiger partial charge is 0.378 e. The van der Waals surface area contributed by atoms with Crippen molar-refractivity contribution in [1.82, 2.24) is 20.4 Å². The minimum absolute atomic E-state index is 0.0156. The molecule has 102 valence electrons. The van der Waals surface area contributed by atoms with E-state index in [-0.39, 0.29) is 18.5 Å². The molecule has 7 nitrogen and oxygen atoms in total. The van der Waals surface area contributed by atoms with Gasteiger partial charge in [0.25, 0.3) is 0 Å². The fourth-order valence-corrected chi connectivity index (χ4v) is 2.06. The molecule has 0 aromatic carbocycles. The van der Waals surface area contributed by atoms with Crippen molar-refractivity contribution in [2.75, 3.05) is 59.0 Å². The molecule has 2 fully saturated rings. The summed E-state index contributed by atoms with van der Waals surface area (Å²) in [5.41, 5.74) is 0. The van der Waals surface area contributed by atoms with Gasteiger partial charge >= 0.3 is 6.03 Å². The van der Waals surface area contributed by atoms with E-state index in [4.69, 9.17) is 4.74 Å². The van der Waals surface area contributed by atoms with Crippen LogP contribution in [0.3, 0.4) is 0 Å². The lowest BCUT2D eigenvalue weighted by Crippen LogP contribution is -2.52. The molecule has 0 aromatic rings. The zero-order valence-corrected chi connectivity index (χ0v) is 10.5. The van der Waals surface area contributed by atoms with Gasteiger partial charge in [-0.15, -0.1) is 0 Å². The number of carbonyl (C=O) groups is 2. The molecule has 0 unspecified atom stereocenters. The van der Waals surface area contributed by atoms with Crippen molar-refractivity contribution in [2.45, 2.75) is 0 Å². The first-order chi connectivity index (χ1) is 8.77. The first-order valence-electron chi connectivity index (χ1n) is 6.36. The number of rotatable bonds is 2. The van der Waals surface area contributed by atoms with Crippen LogP contribution in [0.5, 0.6) is 0 Å². The molecule has 2 N–H and O–H groups in total. The summed E-state index contributed by atoms with van der Waals surface area (Å²) in [4.78, 5) is 27.0. The first-order valence-corrected chi connectivity index (χ1v) is 6.36. The van der Waals surface area contributed by atoms with Crippen molar-refractivity contribution in [1.29, 1.82) is 0 Å². The van der Waals surface area contributed by atoms with Crippen molar-refractivity contribution in [2.24, 2.45) is 0 Å². The quantitative estimate of drug-likeness (QED) is 0.628. The molecule has 0 aromatic heterocycles. The van der Waals surface area contributed by atoms with Crippen molar-refractivity contribution in [3.63, 3.8) is 0 Å². The Morgan fingerprint density at radius 3 is 2.39 bits per heavy atom. The van der Waals surface area contributed by atoms with E-state index >= 15 is 0 Å². The van der Waals surface area contributed by atoms with Crippen LogP contribution < -0.4 is 10.6 Å². The lowest BCUT2D eigenvalue weighted by molar-refractivity contribution is -0.130. The highest BCUT2D eigenvalue weighted by Crippen LogP contribution is 1.97. The summed E-state index contributed by atoms with van der Waals surface area (Å²) in [7, 11) is 0. The van der Waals surface area contributed by atoms with E-state index in [1.807, 2.05) is 0 Å². The maximum atomic E-state index is 11.8. The molecule has 0 bridgehead atoms. The lowest BCUT2D eigenvalue weighted by Gasteiger charge is -2.29. The summed E-state index contributed by atoms with van der Waals surface area (Å²) in [6.07, 6.45) is 0. The SMILES string of the molecule is O=C(CNC(=O)N1CCOCC1)N1CCNCC1. The predicted octanol–water partition coefficient (Wildman–Crippen LogP) is -1.54. The Morgan fingerprint density at radius 2 is 1.72 bits per heavy atom. The van der Waals surface area contributed by atoms with E-state index in [9.17, 15) is 9.59 Å². The van der Waals surface area contributed by atoms with E-state index < -0.39 is 0 Å². The van der Waals surface area contributed by atoms with Gasteiger partial charge in [-0.05, 0) is 0 Å². The molecule has 3 amide bonds. The third-order valence-electron chi connectivity index (χ3n) is 3.16. The van der Waals surface area contributed by atoms with Crippen LogP contribution in [0.4, 0.5) is 4.79 Å². The molecule has 0 spiro atoms. The number of nitrogens with zero attached hydrogens (tertiary/aromatic N) is 2. The maximum absolute atomic E-state index is 11.8. The summed E-state index contributed by atoms with van der Waals surface area (Å²) < 4.78 is 5.17.